The van der Waals surface area contributed by atoms with Gasteiger partial charge in [0, 0.05) is 44.7 Å². The number of anilines is 2. The van der Waals surface area contributed by atoms with Crippen molar-refractivity contribution >= 4 is 17.5 Å². The molecule has 30 heavy (non-hydrogen) atoms. The molecule has 7 nitrogen and oxygen atoms in total. The number of aryl methyl sites for hydroxylation is 1. The summed E-state index contributed by atoms with van der Waals surface area (Å²) in [6.07, 6.45) is 4.36. The van der Waals surface area contributed by atoms with E-state index in [1.165, 1.54) is 5.56 Å². The molecule has 0 atom stereocenters. The third-order valence-electron chi connectivity index (χ3n) is 6.06. The Hall–Kier alpha value is -2.67. The second kappa shape index (κ2) is 9.89. The van der Waals surface area contributed by atoms with E-state index in [1.54, 1.807) is 6.33 Å². The normalized spacial score (nSPS) is 17.8. The molecule has 0 unspecified atom stereocenters. The second-order valence-electron chi connectivity index (χ2n) is 7.98. The Kier molecular flexibility index (Phi) is 6.79. The van der Waals surface area contributed by atoms with E-state index in [-0.39, 0.29) is 11.8 Å². The summed E-state index contributed by atoms with van der Waals surface area (Å²) in [7, 11) is 0. The summed E-state index contributed by atoms with van der Waals surface area (Å²) in [4.78, 5) is 26.0. The number of hydrogen-bond donors (Lipinski definition) is 1. The number of carbonyl (C=O) groups excluding carboxylic acids is 1. The average molecular weight is 410 g/mol. The quantitative estimate of drug-likeness (QED) is 0.790. The molecule has 2 aromatic rings. The number of carbonyl (C=O) groups is 1. The maximum atomic E-state index is 12.6. The minimum absolute atomic E-state index is 0.0664. The average Bonchev–Trinajstić information content (AvgIpc) is 2.83. The fourth-order valence-corrected chi connectivity index (χ4v) is 4.07. The van der Waals surface area contributed by atoms with Crippen molar-refractivity contribution in [1.29, 1.82) is 0 Å². The van der Waals surface area contributed by atoms with Gasteiger partial charge in [0.15, 0.2) is 0 Å². The van der Waals surface area contributed by atoms with Crippen LogP contribution >= 0.6 is 0 Å². The van der Waals surface area contributed by atoms with E-state index in [0.717, 1.165) is 75.9 Å². The number of piperidine rings is 1. The fourth-order valence-electron chi connectivity index (χ4n) is 4.07. The lowest BCUT2D eigenvalue weighted by molar-refractivity contribution is -0.125. The summed E-state index contributed by atoms with van der Waals surface area (Å²) >= 11 is 0. The Morgan fingerprint density at radius 2 is 1.60 bits per heavy atom. The first-order chi connectivity index (χ1) is 14.7. The summed E-state index contributed by atoms with van der Waals surface area (Å²) in [5.74, 6) is 2.13. The van der Waals surface area contributed by atoms with Gasteiger partial charge in [-0.2, -0.15) is 0 Å². The Morgan fingerprint density at radius 3 is 2.23 bits per heavy atom. The fraction of sp³-hybridized carbons (Fsp3) is 0.522. The molecule has 0 saturated carbocycles. The molecule has 3 heterocycles. The monoisotopic (exact) mass is 409 g/mol. The Balaban J connectivity index is 1.27. The van der Waals surface area contributed by atoms with Crippen LogP contribution in [-0.2, 0) is 22.5 Å². The topological polar surface area (TPSA) is 70.6 Å². The van der Waals surface area contributed by atoms with Gasteiger partial charge < -0.3 is 19.9 Å². The molecular weight excluding hydrogens is 378 g/mol. The number of nitrogens with one attached hydrogen (secondary N) is 1. The van der Waals surface area contributed by atoms with Crippen molar-refractivity contribution < 1.29 is 9.53 Å². The maximum Gasteiger partial charge on any atom is 0.223 e. The molecular formula is C23H31N5O2. The van der Waals surface area contributed by atoms with Crippen molar-refractivity contribution in [2.24, 2.45) is 5.92 Å². The zero-order valence-corrected chi connectivity index (χ0v) is 17.7. The van der Waals surface area contributed by atoms with Crippen LogP contribution in [0.4, 0.5) is 11.6 Å². The SMILES string of the molecule is CCc1ccc(CNC(=O)C2CCN(c3cc(N4CCOCC4)ncn3)CC2)cc1. The van der Waals surface area contributed by atoms with Crippen LogP contribution in [0.3, 0.4) is 0 Å². The zero-order chi connectivity index (χ0) is 20.8. The number of rotatable bonds is 6. The van der Waals surface area contributed by atoms with Gasteiger partial charge in [-0.15, -0.1) is 0 Å². The lowest BCUT2D eigenvalue weighted by Crippen LogP contribution is -2.41. The van der Waals surface area contributed by atoms with Gasteiger partial charge in [0.1, 0.15) is 18.0 Å². The molecule has 160 valence electrons. The van der Waals surface area contributed by atoms with Gasteiger partial charge in [-0.1, -0.05) is 31.2 Å². The van der Waals surface area contributed by atoms with Gasteiger partial charge in [-0.05, 0) is 30.4 Å². The number of amides is 1. The number of hydrogen-bond acceptors (Lipinski definition) is 6. The van der Waals surface area contributed by atoms with Crippen LogP contribution in [0.1, 0.15) is 30.9 Å². The van der Waals surface area contributed by atoms with Gasteiger partial charge in [-0.3, -0.25) is 4.79 Å². The molecule has 0 radical (unpaired) electrons. The smallest absolute Gasteiger partial charge is 0.223 e. The van der Waals surface area contributed by atoms with Crippen molar-refractivity contribution in [3.63, 3.8) is 0 Å². The van der Waals surface area contributed by atoms with Crippen LogP contribution in [0, 0.1) is 5.92 Å². The molecule has 4 rings (SSSR count). The first kappa shape index (κ1) is 20.6. The third-order valence-corrected chi connectivity index (χ3v) is 6.06. The second-order valence-corrected chi connectivity index (χ2v) is 7.98. The van der Waals surface area contributed by atoms with Crippen LogP contribution in [0.2, 0.25) is 0 Å². The molecule has 1 aromatic heterocycles. The lowest BCUT2D eigenvalue weighted by atomic mass is 9.95. The highest BCUT2D eigenvalue weighted by atomic mass is 16.5. The molecule has 0 aliphatic carbocycles. The van der Waals surface area contributed by atoms with Crippen molar-refractivity contribution in [1.82, 2.24) is 15.3 Å². The van der Waals surface area contributed by atoms with E-state index >= 15 is 0 Å². The van der Waals surface area contributed by atoms with E-state index in [2.05, 4.69) is 62.3 Å². The Morgan fingerprint density at radius 1 is 1.00 bits per heavy atom. The zero-order valence-electron chi connectivity index (χ0n) is 17.7. The molecule has 2 aliphatic rings. The number of morpholine rings is 1. The van der Waals surface area contributed by atoms with E-state index < -0.39 is 0 Å². The van der Waals surface area contributed by atoms with Gasteiger partial charge >= 0.3 is 0 Å². The minimum atomic E-state index is 0.0664. The number of aromatic nitrogens is 2. The van der Waals surface area contributed by atoms with Crippen molar-refractivity contribution in [2.75, 3.05) is 49.2 Å². The highest BCUT2D eigenvalue weighted by Gasteiger charge is 2.26. The molecule has 1 aromatic carbocycles. The summed E-state index contributed by atoms with van der Waals surface area (Å²) < 4.78 is 5.43. The van der Waals surface area contributed by atoms with Crippen molar-refractivity contribution in [2.45, 2.75) is 32.7 Å². The molecule has 7 heteroatoms. The minimum Gasteiger partial charge on any atom is -0.378 e. The molecule has 0 bridgehead atoms. The largest absolute Gasteiger partial charge is 0.378 e. The molecule has 2 saturated heterocycles. The Bertz CT molecular complexity index is 828. The summed E-state index contributed by atoms with van der Waals surface area (Å²) in [6.45, 7) is 7.61. The van der Waals surface area contributed by atoms with Crippen molar-refractivity contribution in [3.8, 4) is 0 Å². The summed E-state index contributed by atoms with van der Waals surface area (Å²) in [5.41, 5.74) is 2.47. The summed E-state index contributed by atoms with van der Waals surface area (Å²) in [6, 6.07) is 10.5. The highest BCUT2D eigenvalue weighted by molar-refractivity contribution is 5.79. The van der Waals surface area contributed by atoms with Gasteiger partial charge in [0.25, 0.3) is 0 Å². The van der Waals surface area contributed by atoms with Crippen LogP contribution < -0.4 is 15.1 Å². The standard InChI is InChI=1S/C23H31N5O2/c1-2-18-3-5-19(6-4-18)16-24-23(29)20-7-9-27(10-8-20)21-15-22(26-17-25-21)28-11-13-30-14-12-28/h3-6,15,17,20H,2,7-14,16H2,1H3,(H,24,29). The van der Waals surface area contributed by atoms with E-state index in [1.807, 2.05) is 0 Å². The molecule has 2 aliphatic heterocycles. The highest BCUT2D eigenvalue weighted by Crippen LogP contribution is 2.24. The van der Waals surface area contributed by atoms with Crippen LogP contribution in [0.5, 0.6) is 0 Å². The predicted molar refractivity (Wildman–Crippen MR) is 118 cm³/mol. The number of benzene rings is 1. The number of nitrogens with zero attached hydrogens (tertiary/aromatic N) is 4. The lowest BCUT2D eigenvalue weighted by Gasteiger charge is -2.33. The third kappa shape index (κ3) is 5.08. The van der Waals surface area contributed by atoms with Crippen LogP contribution in [0.15, 0.2) is 36.7 Å². The first-order valence-electron chi connectivity index (χ1n) is 11.0. The molecule has 2 fully saturated rings. The van der Waals surface area contributed by atoms with Crippen molar-refractivity contribution in [3.05, 3.63) is 47.8 Å². The predicted octanol–water partition coefficient (Wildman–Crippen LogP) is 2.41. The maximum absolute atomic E-state index is 12.6. The van der Waals surface area contributed by atoms with Gasteiger partial charge in [0.05, 0.1) is 13.2 Å². The molecule has 1 N–H and O–H groups in total. The van der Waals surface area contributed by atoms with Crippen LogP contribution in [0.25, 0.3) is 0 Å². The Labute approximate surface area is 178 Å². The number of ether oxygens (including phenoxy) is 1. The van der Waals surface area contributed by atoms with E-state index in [0.29, 0.717) is 6.54 Å². The van der Waals surface area contributed by atoms with E-state index in [4.69, 9.17) is 4.74 Å². The van der Waals surface area contributed by atoms with Gasteiger partial charge in [-0.25, -0.2) is 9.97 Å². The first-order valence-corrected chi connectivity index (χ1v) is 11.0. The van der Waals surface area contributed by atoms with Crippen LogP contribution in [-0.4, -0.2) is 55.3 Å². The molecule has 1 amide bonds. The van der Waals surface area contributed by atoms with E-state index in [9.17, 15) is 4.79 Å². The summed E-state index contributed by atoms with van der Waals surface area (Å²) in [5, 5.41) is 3.11. The van der Waals surface area contributed by atoms with Gasteiger partial charge in [0.2, 0.25) is 5.91 Å². The molecule has 0 spiro atoms.